The van der Waals surface area contributed by atoms with Gasteiger partial charge in [-0.3, -0.25) is 4.79 Å². The van der Waals surface area contributed by atoms with Crippen molar-refractivity contribution in [3.8, 4) is 17.2 Å². The second-order valence-electron chi connectivity index (χ2n) is 3.72. The van der Waals surface area contributed by atoms with Gasteiger partial charge in [0.15, 0.2) is 0 Å². The van der Waals surface area contributed by atoms with Gasteiger partial charge in [-0.1, -0.05) is 0 Å². The van der Waals surface area contributed by atoms with E-state index >= 15 is 0 Å². The van der Waals surface area contributed by atoms with Gasteiger partial charge < -0.3 is 25.7 Å². The maximum Gasteiger partial charge on any atom is 0.234 e. The van der Waals surface area contributed by atoms with Gasteiger partial charge in [0.1, 0.15) is 17.2 Å². The Balaban J connectivity index is 3.18. The summed E-state index contributed by atoms with van der Waals surface area (Å²) in [6, 6.07) is 2.61. The van der Waals surface area contributed by atoms with Crippen LogP contribution in [0.3, 0.4) is 0 Å². The van der Waals surface area contributed by atoms with Gasteiger partial charge in [0.05, 0.1) is 27.4 Å². The van der Waals surface area contributed by atoms with Crippen molar-refractivity contribution in [2.45, 2.75) is 12.5 Å². The molecule has 18 heavy (non-hydrogen) atoms. The molecule has 1 rings (SSSR count). The van der Waals surface area contributed by atoms with Crippen LogP contribution in [0.25, 0.3) is 0 Å². The lowest BCUT2D eigenvalue weighted by atomic mass is 10.0. The average molecular weight is 254 g/mol. The van der Waals surface area contributed by atoms with Gasteiger partial charge in [-0.05, 0) is 0 Å². The summed E-state index contributed by atoms with van der Waals surface area (Å²) < 4.78 is 15.6. The molecule has 0 aliphatic rings. The zero-order valence-electron chi connectivity index (χ0n) is 10.7. The van der Waals surface area contributed by atoms with Crippen LogP contribution in [0, 0.1) is 0 Å². The standard InChI is InChI=1S/C12H18N2O4/c1-16-7-4-10(17-2)8(11(5-7)18-3)6-9(13)12(14)15/h4-5,9H,6,13H2,1-3H3,(H2,14,15). The van der Waals surface area contributed by atoms with E-state index in [1.54, 1.807) is 19.2 Å². The first-order chi connectivity index (χ1) is 8.53. The van der Waals surface area contributed by atoms with E-state index in [-0.39, 0.29) is 6.42 Å². The third kappa shape index (κ3) is 3.04. The van der Waals surface area contributed by atoms with Gasteiger partial charge in [-0.25, -0.2) is 0 Å². The molecule has 0 spiro atoms. The van der Waals surface area contributed by atoms with Crippen LogP contribution in [0.4, 0.5) is 0 Å². The van der Waals surface area contributed by atoms with Crippen molar-refractivity contribution < 1.29 is 19.0 Å². The number of benzene rings is 1. The number of primary amides is 1. The summed E-state index contributed by atoms with van der Waals surface area (Å²) >= 11 is 0. The van der Waals surface area contributed by atoms with Crippen molar-refractivity contribution in [3.63, 3.8) is 0 Å². The number of hydrogen-bond donors (Lipinski definition) is 2. The molecule has 0 saturated heterocycles. The molecular formula is C12H18N2O4. The topological polar surface area (TPSA) is 96.8 Å². The molecule has 1 aromatic rings. The fourth-order valence-electron chi connectivity index (χ4n) is 1.60. The summed E-state index contributed by atoms with van der Waals surface area (Å²) in [5.74, 6) is 1.11. The number of ether oxygens (including phenoxy) is 3. The smallest absolute Gasteiger partial charge is 0.234 e. The van der Waals surface area contributed by atoms with Crippen molar-refractivity contribution in [3.05, 3.63) is 17.7 Å². The van der Waals surface area contributed by atoms with E-state index in [1.165, 1.54) is 14.2 Å². The lowest BCUT2D eigenvalue weighted by Crippen LogP contribution is -2.38. The number of amides is 1. The van der Waals surface area contributed by atoms with E-state index < -0.39 is 11.9 Å². The molecule has 0 fully saturated rings. The highest BCUT2D eigenvalue weighted by atomic mass is 16.5. The van der Waals surface area contributed by atoms with Crippen LogP contribution in [-0.4, -0.2) is 33.3 Å². The average Bonchev–Trinajstić information content (AvgIpc) is 2.38. The van der Waals surface area contributed by atoms with Crippen molar-refractivity contribution in [1.82, 2.24) is 0 Å². The van der Waals surface area contributed by atoms with E-state index in [1.807, 2.05) is 0 Å². The normalized spacial score (nSPS) is 11.8. The first-order valence-electron chi connectivity index (χ1n) is 5.37. The van der Waals surface area contributed by atoms with Crippen molar-refractivity contribution in [1.29, 1.82) is 0 Å². The minimum Gasteiger partial charge on any atom is -0.496 e. The van der Waals surface area contributed by atoms with Crippen LogP contribution in [0.5, 0.6) is 17.2 Å². The quantitative estimate of drug-likeness (QED) is 0.748. The molecule has 6 heteroatoms. The second kappa shape index (κ2) is 6.11. The molecule has 1 amide bonds. The fraction of sp³-hybridized carbons (Fsp3) is 0.417. The third-order valence-electron chi connectivity index (χ3n) is 2.61. The van der Waals surface area contributed by atoms with Gasteiger partial charge >= 0.3 is 0 Å². The minimum absolute atomic E-state index is 0.242. The molecular weight excluding hydrogens is 236 g/mol. The van der Waals surface area contributed by atoms with Crippen LogP contribution in [0.15, 0.2) is 12.1 Å². The van der Waals surface area contributed by atoms with Crippen LogP contribution in [-0.2, 0) is 11.2 Å². The lowest BCUT2D eigenvalue weighted by molar-refractivity contribution is -0.119. The predicted octanol–water partition coefficient (Wildman–Crippen LogP) is 0.0675. The van der Waals surface area contributed by atoms with E-state index in [0.29, 0.717) is 22.8 Å². The van der Waals surface area contributed by atoms with Crippen LogP contribution in [0.2, 0.25) is 0 Å². The highest BCUT2D eigenvalue weighted by Gasteiger charge is 2.18. The molecule has 1 atom stereocenters. The summed E-state index contributed by atoms with van der Waals surface area (Å²) in [7, 11) is 4.59. The molecule has 1 unspecified atom stereocenters. The Kier molecular flexibility index (Phi) is 4.79. The Labute approximate surface area is 106 Å². The SMILES string of the molecule is COc1cc(OC)c(CC(N)C(N)=O)c(OC)c1. The highest BCUT2D eigenvalue weighted by molar-refractivity contribution is 5.80. The van der Waals surface area contributed by atoms with Gasteiger partial charge in [-0.2, -0.15) is 0 Å². The zero-order chi connectivity index (χ0) is 13.7. The summed E-state index contributed by atoms with van der Waals surface area (Å²) in [6.45, 7) is 0. The molecule has 0 aliphatic carbocycles. The van der Waals surface area contributed by atoms with E-state index in [9.17, 15) is 4.79 Å². The van der Waals surface area contributed by atoms with E-state index in [4.69, 9.17) is 25.7 Å². The highest BCUT2D eigenvalue weighted by Crippen LogP contribution is 2.34. The number of carbonyl (C=O) groups excluding carboxylic acids is 1. The van der Waals surface area contributed by atoms with E-state index in [2.05, 4.69) is 0 Å². The third-order valence-corrected chi connectivity index (χ3v) is 2.61. The molecule has 6 nitrogen and oxygen atoms in total. The Morgan fingerprint density at radius 1 is 1.17 bits per heavy atom. The monoisotopic (exact) mass is 254 g/mol. The summed E-state index contributed by atoms with van der Waals surface area (Å²) in [5.41, 5.74) is 11.5. The van der Waals surface area contributed by atoms with E-state index in [0.717, 1.165) is 0 Å². The Bertz CT molecular complexity index is 409. The first kappa shape index (κ1) is 14.1. The number of rotatable bonds is 6. The summed E-state index contributed by atoms with van der Waals surface area (Å²) in [6.07, 6.45) is 0.242. The Morgan fingerprint density at radius 3 is 2.00 bits per heavy atom. The van der Waals surface area contributed by atoms with Crippen molar-refractivity contribution >= 4 is 5.91 Å². The molecule has 1 aromatic carbocycles. The fourth-order valence-corrected chi connectivity index (χ4v) is 1.60. The summed E-state index contributed by atoms with van der Waals surface area (Å²) in [4.78, 5) is 11.0. The van der Waals surface area contributed by atoms with Crippen LogP contribution >= 0.6 is 0 Å². The minimum atomic E-state index is -0.791. The first-order valence-corrected chi connectivity index (χ1v) is 5.37. The largest absolute Gasteiger partial charge is 0.496 e. The van der Waals surface area contributed by atoms with Crippen molar-refractivity contribution in [2.75, 3.05) is 21.3 Å². The van der Waals surface area contributed by atoms with Crippen LogP contribution < -0.4 is 25.7 Å². The molecule has 4 N–H and O–H groups in total. The van der Waals surface area contributed by atoms with Crippen molar-refractivity contribution in [2.24, 2.45) is 11.5 Å². The number of methoxy groups -OCH3 is 3. The molecule has 0 aromatic heterocycles. The Morgan fingerprint density at radius 2 is 1.67 bits per heavy atom. The lowest BCUT2D eigenvalue weighted by Gasteiger charge is -2.16. The molecule has 0 radical (unpaired) electrons. The maximum absolute atomic E-state index is 11.0. The maximum atomic E-state index is 11.0. The second-order valence-corrected chi connectivity index (χ2v) is 3.72. The van der Waals surface area contributed by atoms with Gasteiger partial charge in [0.25, 0.3) is 0 Å². The van der Waals surface area contributed by atoms with Crippen LogP contribution in [0.1, 0.15) is 5.56 Å². The van der Waals surface area contributed by atoms with Gasteiger partial charge in [-0.15, -0.1) is 0 Å². The Hall–Kier alpha value is -1.95. The number of carbonyl (C=O) groups is 1. The zero-order valence-corrected chi connectivity index (χ0v) is 10.7. The van der Waals surface area contributed by atoms with Gasteiger partial charge in [0.2, 0.25) is 5.91 Å². The number of nitrogens with two attached hydrogens (primary N) is 2. The molecule has 0 bridgehead atoms. The predicted molar refractivity (Wildman–Crippen MR) is 67.0 cm³/mol. The summed E-state index contributed by atoms with van der Waals surface area (Å²) in [5, 5.41) is 0. The molecule has 100 valence electrons. The van der Waals surface area contributed by atoms with Gasteiger partial charge in [0, 0.05) is 24.1 Å². The number of hydrogen-bond acceptors (Lipinski definition) is 5. The molecule has 0 heterocycles. The molecule has 0 aliphatic heterocycles. The molecule has 0 saturated carbocycles.